The second-order valence-electron chi connectivity index (χ2n) is 29.6. The SMILES string of the molecule is O=C1O[C@H]2[C@H]3OC(=O)c4cc(O)c(O)c(O)c4-c4c(cc(O)c(Oc5c(C(=O)O[C@H]6[C@H](OC(=O)c7cc(O)c(O)c(O)c7)O[C@H](COC(=O)c7cc(O)c(O)c(O)c7)[C@@H](OC(=O)c7cc(O)c(O)c(O)c7)[C@@H]6OC(=O)c6cc(O)c(O)c(O)c6)cc(O)c(O)c5O)c4O)C(=O)OC[C@H]2O[C@@H](OC(=O)c2cc(O)c(O)c(O)c2)[C@@H]3OC(=O)c2cc(O)c(O)c3c2[C@@H]2C1=CC(=O)C(O)(O)[C@]2(O)O3. The van der Waals surface area contributed by atoms with Crippen molar-refractivity contribution in [2.75, 3.05) is 13.2 Å². The molecule has 0 aromatic heterocycles. The van der Waals surface area contributed by atoms with Gasteiger partial charge < -0.3 is 209 Å². The van der Waals surface area contributed by atoms with Gasteiger partial charge in [-0.15, -0.1) is 0 Å². The van der Waals surface area contributed by atoms with E-state index in [2.05, 4.69) is 0 Å². The predicted molar refractivity (Wildman–Crippen MR) is 412 cm³/mol. The van der Waals surface area contributed by atoms with Gasteiger partial charge >= 0.3 is 59.7 Å². The number of aliphatic hydroxyl groups is 3. The average molecular weight is 1890 g/mol. The topological polar surface area (TPSA) is 883 Å². The highest BCUT2D eigenvalue weighted by Gasteiger charge is 2.71. The van der Waals surface area contributed by atoms with Crippen LogP contribution in [0.4, 0.5) is 0 Å². The number of ketones is 1. The number of esters is 10. The second-order valence-corrected chi connectivity index (χ2v) is 29.6. The van der Waals surface area contributed by atoms with Gasteiger partial charge in [0.2, 0.25) is 59.3 Å². The molecular weight excluding hydrogens is 1830 g/mol. The minimum absolute atomic E-state index is 0.0294. The van der Waals surface area contributed by atoms with Crippen molar-refractivity contribution in [1.82, 2.24) is 0 Å². The number of fused-ring (bicyclic) bond motifs is 3. The van der Waals surface area contributed by atoms with Crippen LogP contribution in [0.1, 0.15) is 105 Å². The maximum absolute atomic E-state index is 15.7. The molecule has 9 aromatic carbocycles. The lowest BCUT2D eigenvalue weighted by Crippen LogP contribution is -2.66. The van der Waals surface area contributed by atoms with Crippen molar-refractivity contribution in [2.45, 2.75) is 78.9 Å². The highest BCUT2D eigenvalue weighted by atomic mass is 16.8. The zero-order chi connectivity index (χ0) is 98.3. The third-order valence-corrected chi connectivity index (χ3v) is 21.3. The number of hydrogen-bond donors (Lipinski definition) is 28. The summed E-state index contributed by atoms with van der Waals surface area (Å²) in [4.78, 5) is 163. The summed E-state index contributed by atoms with van der Waals surface area (Å²) >= 11 is 0. The third-order valence-electron chi connectivity index (χ3n) is 21.3. The van der Waals surface area contributed by atoms with Crippen LogP contribution in [0.2, 0.25) is 0 Å². The Morgan fingerprint density at radius 2 is 0.741 bits per heavy atom. The van der Waals surface area contributed by atoms with Crippen molar-refractivity contribution >= 4 is 65.5 Å². The van der Waals surface area contributed by atoms with E-state index < -0.39 is 391 Å². The Morgan fingerprint density at radius 3 is 1.25 bits per heavy atom. The maximum atomic E-state index is 15.7. The van der Waals surface area contributed by atoms with Crippen LogP contribution >= 0.6 is 0 Å². The molecule has 5 heterocycles. The van der Waals surface area contributed by atoms with Gasteiger partial charge in [-0.2, -0.15) is 0 Å². The van der Waals surface area contributed by atoms with Gasteiger partial charge in [-0.05, 0) is 84.9 Å². The summed E-state index contributed by atoms with van der Waals surface area (Å²) in [5, 5.41) is 307. The quantitative estimate of drug-likeness (QED) is 0.0294. The van der Waals surface area contributed by atoms with Crippen LogP contribution in [0.15, 0.2) is 96.6 Å². The van der Waals surface area contributed by atoms with E-state index in [1.165, 1.54) is 0 Å². The second kappa shape index (κ2) is 33.2. The molecule has 9 aromatic rings. The van der Waals surface area contributed by atoms with E-state index in [-0.39, 0.29) is 24.3 Å². The molecule has 12 atom stereocenters. The molecule has 6 aliphatic rings. The van der Waals surface area contributed by atoms with Gasteiger partial charge in [0.25, 0.3) is 11.6 Å². The third kappa shape index (κ3) is 15.5. The lowest BCUT2D eigenvalue weighted by Gasteiger charge is -2.44. The Morgan fingerprint density at radius 1 is 0.348 bits per heavy atom. The zero-order valence-corrected chi connectivity index (χ0v) is 66.2. The number of hydrogen-bond acceptors (Lipinski definition) is 53. The maximum Gasteiger partial charge on any atom is 0.342 e. The first kappa shape index (κ1) is 91.2. The van der Waals surface area contributed by atoms with Crippen molar-refractivity contribution < 1.29 is 262 Å². The highest BCUT2D eigenvalue weighted by Crippen LogP contribution is 2.62. The molecule has 28 N–H and O–H groups in total. The van der Waals surface area contributed by atoms with Gasteiger partial charge in [-0.1, -0.05) is 0 Å². The van der Waals surface area contributed by atoms with Gasteiger partial charge in [0.05, 0.1) is 56.0 Å². The molecule has 0 saturated carbocycles. The summed E-state index contributed by atoms with van der Waals surface area (Å²) in [7, 11) is 0. The summed E-state index contributed by atoms with van der Waals surface area (Å²) < 4.78 is 79.8. The average Bonchev–Trinajstić information content (AvgIpc) is 1.53. The lowest BCUT2D eigenvalue weighted by molar-refractivity contribution is -0.323. The smallest absolute Gasteiger partial charge is 0.342 e. The number of carbonyl (C=O) groups is 11. The molecule has 704 valence electrons. The van der Waals surface area contributed by atoms with E-state index in [1.54, 1.807) is 0 Å². The first-order valence-corrected chi connectivity index (χ1v) is 37.5. The van der Waals surface area contributed by atoms with Crippen molar-refractivity contribution in [3.05, 3.63) is 152 Å². The number of phenolic OH excluding ortho intramolecular Hbond substituents is 25. The molecule has 53 nitrogen and oxygen atoms in total. The zero-order valence-electron chi connectivity index (χ0n) is 66.2. The number of ether oxygens (including phenoxy) is 14. The number of cyclic esters (lactones) is 1. The van der Waals surface area contributed by atoms with Crippen molar-refractivity contribution in [1.29, 1.82) is 0 Å². The van der Waals surface area contributed by atoms with E-state index in [1.807, 2.05) is 0 Å². The molecular formula is C82H58O53. The summed E-state index contributed by atoms with van der Waals surface area (Å²) in [6.45, 7) is -3.24. The van der Waals surface area contributed by atoms with Crippen molar-refractivity contribution in [2.24, 2.45) is 0 Å². The molecule has 0 spiro atoms. The van der Waals surface area contributed by atoms with Crippen LogP contribution in [0.25, 0.3) is 11.1 Å². The van der Waals surface area contributed by atoms with E-state index in [0.29, 0.717) is 66.7 Å². The Labute approximate surface area is 741 Å². The van der Waals surface area contributed by atoms with Crippen molar-refractivity contribution in [3.63, 3.8) is 0 Å². The summed E-state index contributed by atoms with van der Waals surface area (Å²) in [5.74, 6) is -74.6. The summed E-state index contributed by atoms with van der Waals surface area (Å²) in [6, 6.07) is 4.58. The molecule has 2 saturated heterocycles. The first-order chi connectivity index (χ1) is 63.4. The van der Waals surface area contributed by atoms with Gasteiger partial charge in [0.1, 0.15) is 31.0 Å². The fraction of sp³-hybridized carbons (Fsp3) is 0.183. The molecule has 2 fully saturated rings. The van der Waals surface area contributed by atoms with Gasteiger partial charge in [-0.25, -0.2) is 47.9 Å². The standard InChI is InChI=1S/C82H58O53/c83-28-1-18(2-29(84)49(28)98)69(109)122-16-42-62(127-70(110)19-3-30(85)50(99)31(86)4-19)65(129-71(111)20-5-32(87)51(100)33(88)6-20)67(79(124-42)133-72(112)21-7-34(89)52(101)35(90)8-21)132-78(118)27-14-39(94)55(104)59(108)60(27)126-61-41(96)13-23-46(58(61)107)45-24(11-38(93)54(103)57(45)106)75(115)130-66-63-43(17-123-74(23)114)125-80(134-73(113)22-9-36(91)53(102)37(92)10-22)68(66)131-76(116)25-12-40(95)56(105)64-47(25)48-26(77(117)128-63)15-44(97)81(119,120)82(48,121)135-64/h1-15,42-43,48,62-63,65-68,79-80,83-96,98-108,119-121H,16-17H2/t42-,43-,48+,62-,63-,65+,66-,67-,68-,79+,80+,82-/m1/s1. The monoisotopic (exact) mass is 1890 g/mol. The highest BCUT2D eigenvalue weighted by molar-refractivity contribution is 6.11. The molecule has 0 amide bonds. The largest absolute Gasteiger partial charge is 0.504 e. The summed E-state index contributed by atoms with van der Waals surface area (Å²) in [5.41, 5.74) is -16.6. The van der Waals surface area contributed by atoms with E-state index in [9.17, 15) is 172 Å². The molecule has 135 heavy (non-hydrogen) atoms. The molecule has 5 aliphatic heterocycles. The minimum atomic E-state index is -4.21. The number of phenols is 25. The van der Waals surface area contributed by atoms with Gasteiger partial charge in [-0.3, -0.25) is 4.79 Å². The van der Waals surface area contributed by atoms with E-state index >= 15 is 24.0 Å². The predicted octanol–water partition coefficient (Wildman–Crippen LogP) is 0.985. The molecule has 1 aliphatic carbocycles. The van der Waals surface area contributed by atoms with Crippen LogP contribution in [0.3, 0.4) is 0 Å². The number of rotatable bonds is 15. The van der Waals surface area contributed by atoms with Crippen LogP contribution in [-0.4, -0.2) is 295 Å². The van der Waals surface area contributed by atoms with E-state index in [4.69, 9.17) is 66.3 Å². The fourth-order valence-corrected chi connectivity index (χ4v) is 14.7. The van der Waals surface area contributed by atoms with Crippen molar-refractivity contribution in [3.8, 4) is 172 Å². The molecule has 53 heteroatoms. The Hall–Kier alpha value is -18.5. The Kier molecular flexibility index (Phi) is 22.4. The number of aromatic hydroxyl groups is 25. The molecule has 4 bridgehead atoms. The lowest BCUT2D eigenvalue weighted by atomic mass is 9.74. The fourth-order valence-electron chi connectivity index (χ4n) is 14.7. The number of carbonyl (C=O) groups excluding carboxylic acids is 11. The van der Waals surface area contributed by atoms with Gasteiger partial charge in [0, 0.05) is 22.8 Å². The molecule has 0 unspecified atom stereocenters. The number of benzene rings is 9. The molecule has 15 rings (SSSR count). The van der Waals surface area contributed by atoms with Crippen LogP contribution in [0.5, 0.6) is 161 Å². The van der Waals surface area contributed by atoms with Gasteiger partial charge in [0.15, 0.2) is 157 Å². The van der Waals surface area contributed by atoms with E-state index in [0.717, 1.165) is 0 Å². The summed E-state index contributed by atoms with van der Waals surface area (Å²) in [6.07, 6.45) is -28.6. The van der Waals surface area contributed by atoms with Crippen LogP contribution in [-0.2, 0) is 66.4 Å². The molecule has 0 radical (unpaired) electrons. The Balaban J connectivity index is 0.873. The van der Waals surface area contributed by atoms with Crippen LogP contribution < -0.4 is 9.47 Å². The first-order valence-electron chi connectivity index (χ1n) is 37.5. The normalized spacial score (nSPS) is 21.8. The van der Waals surface area contributed by atoms with Crippen LogP contribution in [0, 0.1) is 0 Å². The Bertz CT molecular complexity index is 6630. The minimum Gasteiger partial charge on any atom is -0.504 e.